The molecule has 0 bridgehead atoms. The topological polar surface area (TPSA) is 61.8 Å². The summed E-state index contributed by atoms with van der Waals surface area (Å²) >= 11 is 5.85. The van der Waals surface area contributed by atoms with Gasteiger partial charge in [0.15, 0.2) is 11.5 Å². The van der Waals surface area contributed by atoms with E-state index in [-0.39, 0.29) is 24.6 Å². The van der Waals surface area contributed by atoms with Gasteiger partial charge in [0.05, 0.1) is 26.6 Å². The molecule has 0 amide bonds. The number of carbonyl (C=O) groups excluding carboxylic acids is 2. The molecule has 1 saturated carbocycles. The minimum Gasteiger partial charge on any atom is -0.493 e. The van der Waals surface area contributed by atoms with E-state index in [1.165, 1.54) is 26.4 Å². The molecule has 2 rings (SSSR count). The summed E-state index contributed by atoms with van der Waals surface area (Å²) in [4.78, 5) is 23.6. The van der Waals surface area contributed by atoms with E-state index in [2.05, 4.69) is 0 Å². The van der Waals surface area contributed by atoms with Crippen LogP contribution >= 0.6 is 11.6 Å². The third-order valence-electron chi connectivity index (χ3n) is 4.09. The quantitative estimate of drug-likeness (QED) is 0.543. The molecule has 132 valence electrons. The maximum absolute atomic E-state index is 11.9. The summed E-state index contributed by atoms with van der Waals surface area (Å²) in [6.45, 7) is 0.457. The van der Waals surface area contributed by atoms with Crippen molar-refractivity contribution in [3.8, 4) is 11.5 Å². The summed E-state index contributed by atoms with van der Waals surface area (Å²) < 4.78 is 15.6. The first-order valence-corrected chi connectivity index (χ1v) is 8.66. The van der Waals surface area contributed by atoms with Crippen LogP contribution in [-0.2, 0) is 14.3 Å². The van der Waals surface area contributed by atoms with Crippen LogP contribution in [0.4, 0.5) is 0 Å². The summed E-state index contributed by atoms with van der Waals surface area (Å²) in [7, 11) is 1.46. The Bertz CT molecular complexity index is 567. The Morgan fingerprint density at radius 2 is 1.79 bits per heavy atom. The predicted octanol–water partition coefficient (Wildman–Crippen LogP) is 4.16. The smallest absolute Gasteiger partial charge is 0.311 e. The van der Waals surface area contributed by atoms with Gasteiger partial charge in [-0.05, 0) is 30.9 Å². The molecule has 0 spiro atoms. The van der Waals surface area contributed by atoms with Crippen molar-refractivity contribution >= 4 is 23.5 Å². The van der Waals surface area contributed by atoms with Gasteiger partial charge in [-0.2, -0.15) is 0 Å². The number of ether oxygens (including phenoxy) is 3. The first kappa shape index (κ1) is 18.6. The van der Waals surface area contributed by atoms with E-state index < -0.39 is 5.97 Å². The Labute approximate surface area is 147 Å². The molecule has 1 aliphatic rings. The minimum absolute atomic E-state index is 0.0153. The second-order valence-electron chi connectivity index (χ2n) is 5.96. The molecule has 0 unspecified atom stereocenters. The van der Waals surface area contributed by atoms with E-state index in [9.17, 15) is 9.59 Å². The molecular weight excluding hydrogens is 332 g/mol. The van der Waals surface area contributed by atoms with E-state index in [0.717, 1.165) is 12.8 Å². The van der Waals surface area contributed by atoms with Gasteiger partial charge in [-0.1, -0.05) is 30.9 Å². The Morgan fingerprint density at radius 3 is 2.50 bits per heavy atom. The molecule has 0 aromatic heterocycles. The van der Waals surface area contributed by atoms with Gasteiger partial charge >= 0.3 is 11.9 Å². The molecular formula is C18H23ClO5. The van der Waals surface area contributed by atoms with Crippen molar-refractivity contribution in [2.45, 2.75) is 44.9 Å². The normalized spacial score (nSPS) is 14.9. The lowest BCUT2D eigenvalue weighted by Crippen LogP contribution is -2.18. The molecule has 1 aromatic rings. The van der Waals surface area contributed by atoms with Gasteiger partial charge in [-0.25, -0.2) is 0 Å². The van der Waals surface area contributed by atoms with Gasteiger partial charge in [0, 0.05) is 11.1 Å². The number of benzene rings is 1. The number of hydrogen-bond acceptors (Lipinski definition) is 5. The Kier molecular flexibility index (Phi) is 7.37. The van der Waals surface area contributed by atoms with Crippen LogP contribution < -0.4 is 9.47 Å². The van der Waals surface area contributed by atoms with Crippen LogP contribution in [0, 0.1) is 5.92 Å². The standard InChI is InChI=1S/C18H23ClO5/c1-22-16-11-14(19)7-8-15(16)24-18(21)10-9-17(20)23-12-13-5-3-2-4-6-13/h7-8,11,13H,2-6,9-10,12H2,1H3. The maximum Gasteiger partial charge on any atom is 0.311 e. The van der Waals surface area contributed by atoms with Gasteiger partial charge in [-0.3, -0.25) is 9.59 Å². The maximum atomic E-state index is 11.9. The molecule has 0 N–H and O–H groups in total. The van der Waals surface area contributed by atoms with Crippen LogP contribution in [0.25, 0.3) is 0 Å². The second kappa shape index (κ2) is 9.52. The van der Waals surface area contributed by atoms with Crippen molar-refractivity contribution in [3.05, 3.63) is 23.2 Å². The van der Waals surface area contributed by atoms with Crippen molar-refractivity contribution in [1.29, 1.82) is 0 Å². The molecule has 1 aliphatic carbocycles. The summed E-state index contributed by atoms with van der Waals surface area (Å²) in [6.07, 6.45) is 5.90. The van der Waals surface area contributed by atoms with Crippen molar-refractivity contribution in [1.82, 2.24) is 0 Å². The second-order valence-corrected chi connectivity index (χ2v) is 6.39. The zero-order valence-electron chi connectivity index (χ0n) is 13.9. The fourth-order valence-corrected chi connectivity index (χ4v) is 2.90. The van der Waals surface area contributed by atoms with Gasteiger partial charge in [0.1, 0.15) is 0 Å². The van der Waals surface area contributed by atoms with Crippen LogP contribution in [-0.4, -0.2) is 25.7 Å². The molecule has 1 aromatic carbocycles. The Morgan fingerprint density at radius 1 is 1.08 bits per heavy atom. The highest BCUT2D eigenvalue weighted by molar-refractivity contribution is 6.30. The van der Waals surface area contributed by atoms with Crippen LogP contribution in [0.2, 0.25) is 5.02 Å². The van der Waals surface area contributed by atoms with Crippen LogP contribution in [0.1, 0.15) is 44.9 Å². The SMILES string of the molecule is COc1cc(Cl)ccc1OC(=O)CCC(=O)OCC1CCCCC1. The number of esters is 2. The number of halogens is 1. The lowest BCUT2D eigenvalue weighted by Gasteiger charge is -2.20. The van der Waals surface area contributed by atoms with Crippen molar-refractivity contribution < 1.29 is 23.8 Å². The molecule has 1 fully saturated rings. The number of rotatable bonds is 7. The molecule has 5 nitrogen and oxygen atoms in total. The highest BCUT2D eigenvalue weighted by Gasteiger charge is 2.17. The number of carbonyl (C=O) groups is 2. The van der Waals surface area contributed by atoms with Gasteiger partial charge in [0.2, 0.25) is 0 Å². The van der Waals surface area contributed by atoms with Crippen LogP contribution in [0.15, 0.2) is 18.2 Å². The zero-order chi connectivity index (χ0) is 17.4. The average Bonchev–Trinajstić information content (AvgIpc) is 2.60. The monoisotopic (exact) mass is 354 g/mol. The first-order chi connectivity index (χ1) is 11.6. The number of hydrogen-bond donors (Lipinski definition) is 0. The Hall–Kier alpha value is -1.75. The third-order valence-corrected chi connectivity index (χ3v) is 4.32. The van der Waals surface area contributed by atoms with Gasteiger partial charge in [0.25, 0.3) is 0 Å². The fourth-order valence-electron chi connectivity index (χ4n) is 2.74. The lowest BCUT2D eigenvalue weighted by atomic mass is 9.90. The molecule has 24 heavy (non-hydrogen) atoms. The molecule has 0 saturated heterocycles. The summed E-state index contributed by atoms with van der Waals surface area (Å²) in [6, 6.07) is 4.72. The summed E-state index contributed by atoms with van der Waals surface area (Å²) in [5.41, 5.74) is 0. The average molecular weight is 355 g/mol. The Balaban J connectivity index is 1.71. The largest absolute Gasteiger partial charge is 0.493 e. The van der Waals surface area contributed by atoms with E-state index in [0.29, 0.717) is 23.3 Å². The zero-order valence-corrected chi connectivity index (χ0v) is 14.6. The molecule has 0 aliphatic heterocycles. The van der Waals surface area contributed by atoms with Crippen molar-refractivity contribution in [3.63, 3.8) is 0 Å². The molecule has 0 atom stereocenters. The molecule has 0 radical (unpaired) electrons. The first-order valence-electron chi connectivity index (χ1n) is 8.28. The number of methoxy groups -OCH3 is 1. The minimum atomic E-state index is -0.509. The van der Waals surface area contributed by atoms with Crippen molar-refractivity contribution in [2.75, 3.05) is 13.7 Å². The van der Waals surface area contributed by atoms with Gasteiger partial charge < -0.3 is 14.2 Å². The summed E-state index contributed by atoms with van der Waals surface area (Å²) in [5, 5.41) is 0.484. The van der Waals surface area contributed by atoms with Crippen LogP contribution in [0.3, 0.4) is 0 Å². The van der Waals surface area contributed by atoms with E-state index >= 15 is 0 Å². The van der Waals surface area contributed by atoms with E-state index in [1.807, 2.05) is 0 Å². The van der Waals surface area contributed by atoms with E-state index in [1.54, 1.807) is 18.2 Å². The van der Waals surface area contributed by atoms with Crippen LogP contribution in [0.5, 0.6) is 11.5 Å². The van der Waals surface area contributed by atoms with Gasteiger partial charge in [-0.15, -0.1) is 0 Å². The van der Waals surface area contributed by atoms with E-state index in [4.69, 9.17) is 25.8 Å². The highest BCUT2D eigenvalue weighted by Crippen LogP contribution is 2.30. The highest BCUT2D eigenvalue weighted by atomic mass is 35.5. The third kappa shape index (κ3) is 6.04. The molecule has 6 heteroatoms. The molecule has 0 heterocycles. The fraction of sp³-hybridized carbons (Fsp3) is 0.556. The summed E-state index contributed by atoms with van der Waals surface area (Å²) in [5.74, 6) is 0.247. The predicted molar refractivity (Wildman–Crippen MR) is 90.4 cm³/mol. The van der Waals surface area contributed by atoms with Crippen molar-refractivity contribution in [2.24, 2.45) is 5.92 Å². The lowest BCUT2D eigenvalue weighted by molar-refractivity contribution is -0.148.